The number of aromatic nitrogens is 1. The van der Waals surface area contributed by atoms with Crippen LogP contribution in [0.4, 0.5) is 5.82 Å². The van der Waals surface area contributed by atoms with Gasteiger partial charge in [-0.25, -0.2) is 4.98 Å². The highest BCUT2D eigenvalue weighted by Gasteiger charge is 2.30. The van der Waals surface area contributed by atoms with Crippen molar-refractivity contribution in [3.05, 3.63) is 23.9 Å². The average molecular weight is 262 g/mol. The van der Waals surface area contributed by atoms with E-state index in [4.69, 9.17) is 18.0 Å². The minimum Gasteiger partial charge on any atom is -0.389 e. The van der Waals surface area contributed by atoms with Crippen LogP contribution in [0.5, 0.6) is 0 Å². The van der Waals surface area contributed by atoms with Gasteiger partial charge in [-0.3, -0.25) is 4.90 Å². The average Bonchev–Trinajstić information content (AvgIpc) is 2.86. The molecule has 0 radical (unpaired) electrons. The fraction of sp³-hybridized carbons (Fsp3) is 0.538. The van der Waals surface area contributed by atoms with Crippen molar-refractivity contribution in [3.8, 4) is 0 Å². The molecule has 0 aromatic carbocycles. The molecular formula is C13H18N4S. The van der Waals surface area contributed by atoms with E-state index in [1.54, 1.807) is 6.20 Å². The second-order valence-corrected chi connectivity index (χ2v) is 5.49. The van der Waals surface area contributed by atoms with E-state index in [9.17, 15) is 0 Å². The molecule has 1 aromatic rings. The van der Waals surface area contributed by atoms with Crippen LogP contribution in [-0.2, 0) is 0 Å². The SMILES string of the molecule is NC(=S)c1ccc(N2CCN3CCCC3C2)nc1. The zero-order valence-corrected chi connectivity index (χ0v) is 11.2. The Morgan fingerprint density at radius 1 is 1.33 bits per heavy atom. The first-order valence-corrected chi connectivity index (χ1v) is 6.90. The van der Waals surface area contributed by atoms with Crippen LogP contribution >= 0.6 is 12.2 Å². The fourth-order valence-corrected chi connectivity index (χ4v) is 3.04. The summed E-state index contributed by atoms with van der Waals surface area (Å²) in [5.41, 5.74) is 6.42. The Hall–Kier alpha value is -1.20. The molecule has 0 amide bonds. The normalized spacial score (nSPS) is 24.0. The van der Waals surface area contributed by atoms with Crippen LogP contribution in [0.2, 0.25) is 0 Å². The maximum Gasteiger partial charge on any atom is 0.128 e. The van der Waals surface area contributed by atoms with Crippen molar-refractivity contribution in [3.63, 3.8) is 0 Å². The molecule has 18 heavy (non-hydrogen) atoms. The molecule has 4 nitrogen and oxygen atoms in total. The number of nitrogens with two attached hydrogens (primary N) is 1. The number of hydrogen-bond acceptors (Lipinski definition) is 4. The molecule has 0 saturated carbocycles. The number of rotatable bonds is 2. The molecule has 2 N–H and O–H groups in total. The Labute approximate surface area is 113 Å². The summed E-state index contributed by atoms with van der Waals surface area (Å²) in [6, 6.07) is 4.71. The molecule has 2 saturated heterocycles. The van der Waals surface area contributed by atoms with E-state index in [0.717, 1.165) is 37.1 Å². The molecule has 1 atom stereocenters. The summed E-state index contributed by atoms with van der Waals surface area (Å²) in [4.78, 5) is 9.86. The molecule has 0 spiro atoms. The molecule has 0 aliphatic carbocycles. The van der Waals surface area contributed by atoms with Gasteiger partial charge in [0.05, 0.1) is 0 Å². The van der Waals surface area contributed by atoms with Crippen LogP contribution < -0.4 is 10.6 Å². The van der Waals surface area contributed by atoms with Crippen LogP contribution in [0, 0.1) is 0 Å². The summed E-state index contributed by atoms with van der Waals surface area (Å²) in [6.45, 7) is 4.59. The third-order valence-electron chi connectivity index (χ3n) is 3.94. The highest BCUT2D eigenvalue weighted by molar-refractivity contribution is 7.80. The van der Waals surface area contributed by atoms with E-state index in [0.29, 0.717) is 4.99 Å². The highest BCUT2D eigenvalue weighted by Crippen LogP contribution is 2.24. The first-order chi connectivity index (χ1) is 8.74. The van der Waals surface area contributed by atoms with Crippen LogP contribution in [0.3, 0.4) is 0 Å². The van der Waals surface area contributed by atoms with Gasteiger partial charge in [0.25, 0.3) is 0 Å². The number of piperazine rings is 1. The van der Waals surface area contributed by atoms with Gasteiger partial charge >= 0.3 is 0 Å². The van der Waals surface area contributed by atoms with Gasteiger partial charge < -0.3 is 10.6 Å². The lowest BCUT2D eigenvalue weighted by molar-refractivity contribution is 0.230. The first-order valence-electron chi connectivity index (χ1n) is 6.49. The number of fused-ring (bicyclic) bond motifs is 1. The minimum atomic E-state index is 0.412. The molecule has 1 aromatic heterocycles. The van der Waals surface area contributed by atoms with E-state index in [1.807, 2.05) is 12.1 Å². The molecule has 5 heteroatoms. The summed E-state index contributed by atoms with van der Waals surface area (Å²) in [7, 11) is 0. The number of thiocarbonyl (C=S) groups is 1. The highest BCUT2D eigenvalue weighted by atomic mass is 32.1. The van der Waals surface area contributed by atoms with E-state index < -0.39 is 0 Å². The molecule has 2 aliphatic heterocycles. The van der Waals surface area contributed by atoms with Crippen LogP contribution in [0.1, 0.15) is 18.4 Å². The Balaban J connectivity index is 1.73. The van der Waals surface area contributed by atoms with E-state index in [1.165, 1.54) is 19.4 Å². The van der Waals surface area contributed by atoms with E-state index >= 15 is 0 Å². The van der Waals surface area contributed by atoms with Gasteiger partial charge in [-0.2, -0.15) is 0 Å². The lowest BCUT2D eigenvalue weighted by Gasteiger charge is -2.38. The number of nitrogens with zero attached hydrogens (tertiary/aromatic N) is 3. The Morgan fingerprint density at radius 3 is 2.94 bits per heavy atom. The predicted octanol–water partition coefficient (Wildman–Crippen LogP) is 1.00. The summed E-state index contributed by atoms with van der Waals surface area (Å²) >= 11 is 4.94. The molecule has 96 valence electrons. The Kier molecular flexibility index (Phi) is 3.18. The molecular weight excluding hydrogens is 244 g/mol. The maximum absolute atomic E-state index is 5.58. The minimum absolute atomic E-state index is 0.412. The van der Waals surface area contributed by atoms with Crippen LogP contribution in [0.25, 0.3) is 0 Å². The molecule has 2 fully saturated rings. The molecule has 0 bridgehead atoms. The second-order valence-electron chi connectivity index (χ2n) is 5.05. The van der Waals surface area contributed by atoms with Crippen LogP contribution in [-0.4, -0.2) is 47.1 Å². The third-order valence-corrected chi connectivity index (χ3v) is 4.18. The van der Waals surface area contributed by atoms with Crippen molar-refractivity contribution in [2.24, 2.45) is 5.73 Å². The van der Waals surface area contributed by atoms with Crippen molar-refractivity contribution in [2.45, 2.75) is 18.9 Å². The quantitative estimate of drug-likeness (QED) is 0.806. The molecule has 3 heterocycles. The smallest absolute Gasteiger partial charge is 0.128 e. The Morgan fingerprint density at radius 2 is 2.22 bits per heavy atom. The molecule has 3 rings (SSSR count). The van der Waals surface area contributed by atoms with Gasteiger partial charge in [0.2, 0.25) is 0 Å². The third kappa shape index (κ3) is 2.20. The summed E-state index contributed by atoms with van der Waals surface area (Å²) in [5, 5.41) is 0. The summed E-state index contributed by atoms with van der Waals surface area (Å²) in [6.07, 6.45) is 4.44. The van der Waals surface area contributed by atoms with Crippen LogP contribution in [0.15, 0.2) is 18.3 Å². The van der Waals surface area contributed by atoms with E-state index in [-0.39, 0.29) is 0 Å². The Bertz CT molecular complexity index is 445. The summed E-state index contributed by atoms with van der Waals surface area (Å²) in [5.74, 6) is 1.04. The first kappa shape index (κ1) is 11.9. The number of hydrogen-bond donors (Lipinski definition) is 1. The van der Waals surface area contributed by atoms with Gasteiger partial charge in [-0.15, -0.1) is 0 Å². The number of anilines is 1. The molecule has 1 unspecified atom stereocenters. The van der Waals surface area contributed by atoms with Gasteiger partial charge in [0.15, 0.2) is 0 Å². The van der Waals surface area contributed by atoms with Gasteiger partial charge in [0.1, 0.15) is 10.8 Å². The standard InChI is InChI=1S/C13H18N4S/c14-13(18)10-3-4-12(15-8-10)17-7-6-16-5-1-2-11(16)9-17/h3-4,8,11H,1-2,5-7,9H2,(H2,14,18). The second kappa shape index (κ2) is 4.82. The van der Waals surface area contributed by atoms with Gasteiger partial charge in [-0.05, 0) is 31.5 Å². The van der Waals surface area contributed by atoms with Crippen molar-refractivity contribution < 1.29 is 0 Å². The monoisotopic (exact) mass is 262 g/mol. The van der Waals surface area contributed by atoms with Gasteiger partial charge in [-0.1, -0.05) is 12.2 Å². The van der Waals surface area contributed by atoms with Gasteiger partial charge in [0, 0.05) is 37.4 Å². The fourth-order valence-electron chi connectivity index (χ4n) is 2.92. The van der Waals surface area contributed by atoms with Crippen molar-refractivity contribution in [1.82, 2.24) is 9.88 Å². The van der Waals surface area contributed by atoms with Crippen molar-refractivity contribution >= 4 is 23.0 Å². The maximum atomic E-state index is 5.58. The van der Waals surface area contributed by atoms with Crippen molar-refractivity contribution in [1.29, 1.82) is 0 Å². The number of pyridine rings is 1. The zero-order valence-electron chi connectivity index (χ0n) is 10.4. The predicted molar refractivity (Wildman–Crippen MR) is 76.9 cm³/mol. The largest absolute Gasteiger partial charge is 0.389 e. The summed E-state index contributed by atoms with van der Waals surface area (Å²) < 4.78 is 0. The molecule has 2 aliphatic rings. The zero-order chi connectivity index (χ0) is 12.5. The van der Waals surface area contributed by atoms with E-state index in [2.05, 4.69) is 14.8 Å². The topological polar surface area (TPSA) is 45.4 Å². The lowest BCUT2D eigenvalue weighted by Crippen LogP contribution is -2.50. The lowest BCUT2D eigenvalue weighted by atomic mass is 10.1. The van der Waals surface area contributed by atoms with Crippen molar-refractivity contribution in [2.75, 3.05) is 31.1 Å².